The molecule has 1 atom stereocenters. The van der Waals surface area contributed by atoms with Crippen LogP contribution in [0.3, 0.4) is 0 Å². The zero-order chi connectivity index (χ0) is 13.8. The van der Waals surface area contributed by atoms with Crippen molar-refractivity contribution in [2.45, 2.75) is 19.4 Å². The summed E-state index contributed by atoms with van der Waals surface area (Å²) >= 11 is 11.8. The first-order valence-corrected chi connectivity index (χ1v) is 7.87. The van der Waals surface area contributed by atoms with Crippen LogP contribution in [0.25, 0.3) is 0 Å². The van der Waals surface area contributed by atoms with Crippen LogP contribution in [0.2, 0.25) is 10.0 Å². The zero-order valence-corrected chi connectivity index (χ0v) is 12.2. The number of hydrogen-bond acceptors (Lipinski definition) is 3. The molecule has 0 saturated carbocycles. The molecule has 18 heavy (non-hydrogen) atoms. The molecule has 2 N–H and O–H groups in total. The third kappa shape index (κ3) is 4.40. The number of aliphatic hydroxyl groups is 1. The largest absolute Gasteiger partial charge is 0.387 e. The summed E-state index contributed by atoms with van der Waals surface area (Å²) in [4.78, 5) is 0. The van der Waals surface area contributed by atoms with Crippen LogP contribution in [0.15, 0.2) is 18.2 Å². The Labute approximate surface area is 117 Å². The summed E-state index contributed by atoms with van der Waals surface area (Å²) in [6.45, 7) is 1.62. The van der Waals surface area contributed by atoms with Gasteiger partial charge < -0.3 is 5.11 Å². The Balaban J connectivity index is 2.75. The van der Waals surface area contributed by atoms with Crippen LogP contribution in [0.5, 0.6) is 0 Å². The van der Waals surface area contributed by atoms with Crippen molar-refractivity contribution < 1.29 is 13.5 Å². The van der Waals surface area contributed by atoms with Crippen molar-refractivity contribution in [3.63, 3.8) is 0 Å². The van der Waals surface area contributed by atoms with Crippen LogP contribution in [-0.2, 0) is 10.0 Å². The van der Waals surface area contributed by atoms with Crippen LogP contribution in [0, 0.1) is 0 Å². The van der Waals surface area contributed by atoms with Gasteiger partial charge in [0.2, 0.25) is 10.0 Å². The Bertz CT molecular complexity index is 485. The monoisotopic (exact) mass is 311 g/mol. The van der Waals surface area contributed by atoms with E-state index in [9.17, 15) is 13.5 Å². The lowest BCUT2D eigenvalue weighted by Gasteiger charge is -2.15. The average molecular weight is 312 g/mol. The fourth-order valence-electron chi connectivity index (χ4n) is 1.48. The van der Waals surface area contributed by atoms with E-state index in [0.29, 0.717) is 22.0 Å². The number of aliphatic hydroxyl groups excluding tert-OH is 1. The molecule has 0 saturated heterocycles. The molecule has 0 aliphatic rings. The van der Waals surface area contributed by atoms with E-state index in [1.807, 2.05) is 0 Å². The van der Waals surface area contributed by atoms with Crippen LogP contribution in [-0.4, -0.2) is 25.8 Å². The van der Waals surface area contributed by atoms with Crippen molar-refractivity contribution in [3.8, 4) is 0 Å². The van der Waals surface area contributed by atoms with Gasteiger partial charge in [0.25, 0.3) is 0 Å². The molecule has 0 unspecified atom stereocenters. The number of hydrogen-bond donors (Lipinski definition) is 2. The van der Waals surface area contributed by atoms with Gasteiger partial charge in [0, 0.05) is 22.2 Å². The van der Waals surface area contributed by atoms with E-state index in [2.05, 4.69) is 4.72 Å². The molecule has 0 aliphatic heterocycles. The lowest BCUT2D eigenvalue weighted by atomic mass is 10.1. The van der Waals surface area contributed by atoms with Gasteiger partial charge in [-0.3, -0.25) is 0 Å². The smallest absolute Gasteiger partial charge is 0.211 e. The van der Waals surface area contributed by atoms with Gasteiger partial charge in [-0.1, -0.05) is 36.2 Å². The molecule has 1 aromatic carbocycles. The van der Waals surface area contributed by atoms with Gasteiger partial charge in [-0.15, -0.1) is 0 Å². The SMILES string of the molecule is CCCS(=O)(=O)NC[C@@H](O)c1c(Cl)cccc1Cl. The summed E-state index contributed by atoms with van der Waals surface area (Å²) in [6, 6.07) is 4.83. The summed E-state index contributed by atoms with van der Waals surface area (Å²) in [5.41, 5.74) is 0.333. The molecular weight excluding hydrogens is 297 g/mol. The molecule has 4 nitrogen and oxygen atoms in total. The minimum Gasteiger partial charge on any atom is -0.387 e. The second kappa shape index (κ2) is 6.73. The lowest BCUT2D eigenvalue weighted by Crippen LogP contribution is -2.30. The second-order valence-electron chi connectivity index (χ2n) is 3.82. The van der Waals surface area contributed by atoms with Crippen molar-refractivity contribution >= 4 is 33.2 Å². The van der Waals surface area contributed by atoms with Crippen LogP contribution < -0.4 is 4.72 Å². The third-order valence-electron chi connectivity index (χ3n) is 2.30. The number of halogens is 2. The minimum atomic E-state index is -3.36. The van der Waals surface area contributed by atoms with E-state index in [1.54, 1.807) is 25.1 Å². The van der Waals surface area contributed by atoms with Crippen molar-refractivity contribution in [1.82, 2.24) is 4.72 Å². The van der Waals surface area contributed by atoms with Gasteiger partial charge >= 0.3 is 0 Å². The predicted molar refractivity (Wildman–Crippen MR) is 73.5 cm³/mol. The fourth-order valence-corrected chi connectivity index (χ4v) is 3.22. The Hall–Kier alpha value is -0.330. The van der Waals surface area contributed by atoms with Gasteiger partial charge in [0.05, 0.1) is 11.9 Å². The summed E-state index contributed by atoms with van der Waals surface area (Å²) in [6.07, 6.45) is -0.559. The van der Waals surface area contributed by atoms with Gasteiger partial charge in [-0.25, -0.2) is 13.1 Å². The molecule has 0 aromatic heterocycles. The highest BCUT2D eigenvalue weighted by molar-refractivity contribution is 7.89. The molecule has 0 amide bonds. The van der Waals surface area contributed by atoms with Crippen molar-refractivity contribution in [3.05, 3.63) is 33.8 Å². The Morgan fingerprint density at radius 1 is 1.33 bits per heavy atom. The van der Waals surface area contributed by atoms with Crippen molar-refractivity contribution in [2.24, 2.45) is 0 Å². The Kier molecular flexibility index (Phi) is 5.88. The quantitative estimate of drug-likeness (QED) is 0.847. The minimum absolute atomic E-state index is 0.0238. The highest BCUT2D eigenvalue weighted by Crippen LogP contribution is 2.29. The number of sulfonamides is 1. The summed E-state index contributed by atoms with van der Waals surface area (Å²) in [5, 5.41) is 10.5. The fraction of sp³-hybridized carbons (Fsp3) is 0.455. The molecule has 0 heterocycles. The maximum Gasteiger partial charge on any atom is 0.211 e. The van der Waals surface area contributed by atoms with Crippen LogP contribution in [0.1, 0.15) is 25.0 Å². The maximum atomic E-state index is 11.4. The van der Waals surface area contributed by atoms with Gasteiger partial charge in [-0.2, -0.15) is 0 Å². The van der Waals surface area contributed by atoms with Gasteiger partial charge in [-0.05, 0) is 18.6 Å². The van der Waals surface area contributed by atoms with Gasteiger partial charge in [0.1, 0.15) is 0 Å². The van der Waals surface area contributed by atoms with Crippen LogP contribution in [0.4, 0.5) is 0 Å². The third-order valence-corrected chi connectivity index (χ3v) is 4.51. The summed E-state index contributed by atoms with van der Waals surface area (Å²) < 4.78 is 25.2. The molecule has 102 valence electrons. The standard InChI is InChI=1S/C11H15Cl2NO3S/c1-2-6-18(16,17)14-7-10(15)11-8(12)4-3-5-9(11)13/h3-5,10,14-15H,2,6-7H2,1H3/t10-/m1/s1. The summed E-state index contributed by atoms with van der Waals surface area (Å²) in [5.74, 6) is 0.0238. The van der Waals surface area contributed by atoms with E-state index in [4.69, 9.17) is 23.2 Å². The first-order chi connectivity index (χ1) is 8.37. The van der Waals surface area contributed by atoms with E-state index < -0.39 is 16.1 Å². The average Bonchev–Trinajstić information content (AvgIpc) is 2.26. The Morgan fingerprint density at radius 2 is 1.89 bits per heavy atom. The predicted octanol–water partition coefficient (Wildman–Crippen LogP) is 2.36. The molecule has 0 bridgehead atoms. The van der Waals surface area contributed by atoms with E-state index in [-0.39, 0.29) is 12.3 Å². The van der Waals surface area contributed by atoms with Crippen molar-refractivity contribution in [2.75, 3.05) is 12.3 Å². The van der Waals surface area contributed by atoms with Crippen LogP contribution >= 0.6 is 23.2 Å². The highest BCUT2D eigenvalue weighted by Gasteiger charge is 2.18. The molecule has 0 aliphatic carbocycles. The topological polar surface area (TPSA) is 66.4 Å². The molecule has 0 spiro atoms. The molecule has 1 rings (SSSR count). The van der Waals surface area contributed by atoms with Crippen molar-refractivity contribution in [1.29, 1.82) is 0 Å². The summed E-state index contributed by atoms with van der Waals surface area (Å²) in [7, 11) is -3.36. The van der Waals surface area contributed by atoms with E-state index in [1.165, 1.54) is 0 Å². The highest BCUT2D eigenvalue weighted by atomic mass is 35.5. The van der Waals surface area contributed by atoms with E-state index >= 15 is 0 Å². The number of benzene rings is 1. The molecule has 0 radical (unpaired) electrons. The molecule has 0 fully saturated rings. The lowest BCUT2D eigenvalue weighted by molar-refractivity contribution is 0.182. The maximum absolute atomic E-state index is 11.4. The number of rotatable bonds is 6. The van der Waals surface area contributed by atoms with E-state index in [0.717, 1.165) is 0 Å². The first kappa shape index (κ1) is 15.7. The Morgan fingerprint density at radius 3 is 2.39 bits per heavy atom. The normalized spacial score (nSPS) is 13.6. The molecular formula is C11H15Cl2NO3S. The first-order valence-electron chi connectivity index (χ1n) is 5.46. The molecule has 1 aromatic rings. The molecule has 7 heteroatoms. The second-order valence-corrected chi connectivity index (χ2v) is 6.56. The zero-order valence-electron chi connectivity index (χ0n) is 9.86. The van der Waals surface area contributed by atoms with Gasteiger partial charge in [0.15, 0.2) is 0 Å². The number of nitrogens with one attached hydrogen (secondary N) is 1.